The SMILES string of the molecule is CC(C)c1cccc(C(C)C)c1N1CCN(CC(C)(C)O)/C1=N/N=NC12CC3CC(CC(C3)C1)C2. The monoisotopic (exact) mass is 479 g/mol. The molecule has 192 valence electrons. The predicted octanol–water partition coefficient (Wildman–Crippen LogP) is 6.52. The van der Waals surface area contributed by atoms with Gasteiger partial charge in [-0.25, -0.2) is 0 Å². The van der Waals surface area contributed by atoms with Crippen molar-refractivity contribution in [1.29, 1.82) is 0 Å². The summed E-state index contributed by atoms with van der Waals surface area (Å²) < 4.78 is 0. The van der Waals surface area contributed by atoms with Crippen LogP contribution in [0.25, 0.3) is 0 Å². The molecular weight excluding hydrogens is 434 g/mol. The second-order valence-electron chi connectivity index (χ2n) is 13.2. The summed E-state index contributed by atoms with van der Waals surface area (Å²) >= 11 is 0. The van der Waals surface area contributed by atoms with Crippen molar-refractivity contribution < 1.29 is 5.11 Å². The van der Waals surface area contributed by atoms with Crippen molar-refractivity contribution in [3.63, 3.8) is 0 Å². The van der Waals surface area contributed by atoms with E-state index in [0.29, 0.717) is 18.4 Å². The Hall–Kier alpha value is -1.95. The van der Waals surface area contributed by atoms with Crippen LogP contribution in [-0.4, -0.2) is 46.7 Å². The lowest BCUT2D eigenvalue weighted by molar-refractivity contribution is -0.00212. The van der Waals surface area contributed by atoms with Crippen LogP contribution in [0.5, 0.6) is 0 Å². The molecule has 4 saturated carbocycles. The van der Waals surface area contributed by atoms with Crippen LogP contribution in [0.15, 0.2) is 33.6 Å². The number of nitrogens with zero attached hydrogens (tertiary/aromatic N) is 5. The molecule has 1 aromatic rings. The Balaban J connectivity index is 1.51. The summed E-state index contributed by atoms with van der Waals surface area (Å²) in [6, 6.07) is 6.68. The lowest BCUT2D eigenvalue weighted by Crippen LogP contribution is -2.49. The van der Waals surface area contributed by atoms with Crippen molar-refractivity contribution in [2.75, 3.05) is 24.5 Å². The normalized spacial score (nSPS) is 31.8. The number of anilines is 1. The molecule has 1 N–H and O–H groups in total. The van der Waals surface area contributed by atoms with E-state index in [1.165, 1.54) is 55.3 Å². The summed E-state index contributed by atoms with van der Waals surface area (Å²) in [7, 11) is 0. The maximum Gasteiger partial charge on any atom is 0.228 e. The number of hydrogen-bond donors (Lipinski definition) is 1. The van der Waals surface area contributed by atoms with Crippen LogP contribution < -0.4 is 4.90 Å². The summed E-state index contributed by atoms with van der Waals surface area (Å²) in [6.45, 7) is 15.0. The third-order valence-electron chi connectivity index (χ3n) is 8.70. The molecular formula is C29H45N5O. The summed E-state index contributed by atoms with van der Waals surface area (Å²) in [5.41, 5.74) is 3.15. The molecule has 0 aromatic heterocycles. The predicted molar refractivity (Wildman–Crippen MR) is 143 cm³/mol. The molecule has 0 atom stereocenters. The zero-order chi connectivity index (χ0) is 25.0. The minimum Gasteiger partial charge on any atom is -0.389 e. The van der Waals surface area contributed by atoms with Crippen molar-refractivity contribution in [3.05, 3.63) is 29.3 Å². The number of guanidine groups is 1. The van der Waals surface area contributed by atoms with Gasteiger partial charge in [0.15, 0.2) is 0 Å². The first-order valence-electron chi connectivity index (χ1n) is 13.9. The first-order valence-corrected chi connectivity index (χ1v) is 13.9. The highest BCUT2D eigenvalue weighted by Gasteiger charge is 2.51. The van der Waals surface area contributed by atoms with E-state index in [2.05, 4.69) is 60.9 Å². The molecule has 1 saturated heterocycles. The number of β-amino-alcohol motifs (C(OH)–C–C–N with tert-alkyl or cyclic N) is 1. The third kappa shape index (κ3) is 5.00. The summed E-state index contributed by atoms with van der Waals surface area (Å²) in [4.78, 5) is 4.54. The van der Waals surface area contributed by atoms with E-state index >= 15 is 0 Å². The molecule has 6 heteroatoms. The molecule has 0 unspecified atom stereocenters. The average molecular weight is 480 g/mol. The second kappa shape index (κ2) is 9.17. The Kier molecular flexibility index (Phi) is 6.48. The largest absolute Gasteiger partial charge is 0.389 e. The van der Waals surface area contributed by atoms with Gasteiger partial charge in [0.1, 0.15) is 0 Å². The van der Waals surface area contributed by atoms with Gasteiger partial charge < -0.3 is 14.9 Å². The third-order valence-corrected chi connectivity index (χ3v) is 8.70. The molecule has 0 spiro atoms. The molecule has 1 aliphatic heterocycles. The number of aliphatic hydroxyl groups is 1. The summed E-state index contributed by atoms with van der Waals surface area (Å²) in [6.07, 6.45) is 7.79. The van der Waals surface area contributed by atoms with E-state index in [1.54, 1.807) is 0 Å². The molecule has 1 heterocycles. The van der Waals surface area contributed by atoms with Gasteiger partial charge in [0, 0.05) is 19.6 Å². The van der Waals surface area contributed by atoms with Crippen molar-refractivity contribution in [1.82, 2.24) is 4.90 Å². The van der Waals surface area contributed by atoms with Crippen LogP contribution in [0.4, 0.5) is 5.69 Å². The Morgan fingerprint density at radius 3 is 1.97 bits per heavy atom. The molecule has 5 fully saturated rings. The number of rotatable bonds is 7. The van der Waals surface area contributed by atoms with Crippen LogP contribution in [0, 0.1) is 17.8 Å². The van der Waals surface area contributed by atoms with Gasteiger partial charge >= 0.3 is 0 Å². The van der Waals surface area contributed by atoms with Crippen molar-refractivity contribution in [3.8, 4) is 0 Å². The van der Waals surface area contributed by atoms with Crippen LogP contribution in [0.1, 0.15) is 103 Å². The van der Waals surface area contributed by atoms with Crippen LogP contribution in [0.3, 0.4) is 0 Å². The number of para-hydroxylation sites is 1. The first kappa shape index (κ1) is 24.7. The second-order valence-corrected chi connectivity index (χ2v) is 13.2. The Bertz CT molecular complexity index is 928. The number of hydrogen-bond acceptors (Lipinski definition) is 3. The molecule has 4 aliphatic carbocycles. The van der Waals surface area contributed by atoms with Crippen molar-refractivity contribution in [2.24, 2.45) is 33.2 Å². The van der Waals surface area contributed by atoms with Gasteiger partial charge in [0.05, 0.1) is 16.8 Å². The van der Waals surface area contributed by atoms with Gasteiger partial charge in [0.25, 0.3) is 0 Å². The molecule has 35 heavy (non-hydrogen) atoms. The Morgan fingerprint density at radius 1 is 0.943 bits per heavy atom. The lowest BCUT2D eigenvalue weighted by Gasteiger charge is -2.54. The fourth-order valence-electron chi connectivity index (χ4n) is 7.71. The fraction of sp³-hybridized carbons (Fsp3) is 0.759. The van der Waals surface area contributed by atoms with Crippen molar-refractivity contribution in [2.45, 2.75) is 103 Å². The summed E-state index contributed by atoms with van der Waals surface area (Å²) in [5.74, 6) is 4.16. The topological polar surface area (TPSA) is 63.8 Å². The molecule has 6 nitrogen and oxygen atoms in total. The zero-order valence-corrected chi connectivity index (χ0v) is 22.7. The highest BCUT2D eigenvalue weighted by atomic mass is 16.3. The van der Waals surface area contributed by atoms with Crippen LogP contribution >= 0.6 is 0 Å². The standard InChI is InChI=1S/C29H45N5O/c1-19(2)24-8-7-9-25(20(3)4)26(24)34-11-10-33(18-28(5,6)35)27(34)30-32-31-29-15-21-12-22(16-29)14-23(13-21)17-29/h7-9,19-23,35H,10-18H2,1-6H3/b30-27-,32-31?. The van der Waals surface area contributed by atoms with Crippen molar-refractivity contribution >= 4 is 11.6 Å². The molecule has 5 aliphatic rings. The van der Waals surface area contributed by atoms with Gasteiger partial charge in [-0.15, -0.1) is 0 Å². The van der Waals surface area contributed by atoms with Crippen LogP contribution in [0.2, 0.25) is 0 Å². The Morgan fingerprint density at radius 2 is 1.49 bits per heavy atom. The highest BCUT2D eigenvalue weighted by molar-refractivity contribution is 5.99. The lowest BCUT2D eigenvalue weighted by atomic mass is 9.53. The molecule has 4 bridgehead atoms. The van der Waals surface area contributed by atoms with E-state index in [-0.39, 0.29) is 5.54 Å². The van der Waals surface area contributed by atoms with E-state index in [4.69, 9.17) is 10.2 Å². The van der Waals surface area contributed by atoms with E-state index in [9.17, 15) is 5.11 Å². The quantitative estimate of drug-likeness (QED) is 0.358. The van der Waals surface area contributed by atoms with E-state index < -0.39 is 5.60 Å². The van der Waals surface area contributed by atoms with Gasteiger partial charge in [-0.3, -0.25) is 0 Å². The molecule has 6 rings (SSSR count). The maximum atomic E-state index is 10.6. The van der Waals surface area contributed by atoms with Crippen LogP contribution in [-0.2, 0) is 0 Å². The average Bonchev–Trinajstić information content (AvgIpc) is 3.12. The van der Waals surface area contributed by atoms with Gasteiger partial charge in [-0.2, -0.15) is 5.11 Å². The van der Waals surface area contributed by atoms with Gasteiger partial charge in [-0.1, -0.05) is 51.0 Å². The van der Waals surface area contributed by atoms with E-state index in [1.807, 2.05) is 13.8 Å². The highest BCUT2D eigenvalue weighted by Crippen LogP contribution is 2.57. The zero-order valence-electron chi connectivity index (χ0n) is 22.7. The first-order chi connectivity index (χ1) is 16.5. The van der Waals surface area contributed by atoms with Gasteiger partial charge in [0.2, 0.25) is 5.96 Å². The number of benzene rings is 1. The molecule has 0 radical (unpaired) electrons. The summed E-state index contributed by atoms with van der Waals surface area (Å²) in [5, 5.41) is 25.1. The fourth-order valence-corrected chi connectivity index (χ4v) is 7.71. The smallest absolute Gasteiger partial charge is 0.228 e. The maximum absolute atomic E-state index is 10.6. The minimum absolute atomic E-state index is 0.0161. The minimum atomic E-state index is -0.813. The van der Waals surface area contributed by atoms with Gasteiger partial charge in [-0.05, 0) is 98.3 Å². The Labute approximate surface area is 211 Å². The molecule has 1 aromatic carbocycles. The van der Waals surface area contributed by atoms with E-state index in [0.717, 1.165) is 36.8 Å². The molecule has 0 amide bonds.